The van der Waals surface area contributed by atoms with Crippen LogP contribution in [0.3, 0.4) is 0 Å². The van der Waals surface area contributed by atoms with E-state index in [-0.39, 0.29) is 101 Å². The van der Waals surface area contributed by atoms with Gasteiger partial charge in [0.05, 0.1) is 0 Å². The second-order valence-corrected chi connectivity index (χ2v) is 13.0. The summed E-state index contributed by atoms with van der Waals surface area (Å²) in [6.45, 7) is 0. The molecule has 0 unspecified atom stereocenters. The maximum atomic E-state index is 10.5. The Labute approximate surface area is 223 Å². The van der Waals surface area contributed by atoms with Crippen LogP contribution in [0.25, 0.3) is 0 Å². The van der Waals surface area contributed by atoms with E-state index >= 15 is 0 Å². The van der Waals surface area contributed by atoms with Crippen LogP contribution in [0.2, 0.25) is 0 Å². The fourth-order valence-corrected chi connectivity index (χ4v) is 6.47. The predicted molar refractivity (Wildman–Crippen MR) is 71.7 cm³/mol. The molecule has 0 spiro atoms. The van der Waals surface area contributed by atoms with Crippen molar-refractivity contribution in [1.82, 2.24) is 0 Å². The molecule has 118 valence electrons. The van der Waals surface area contributed by atoms with E-state index in [4.69, 9.17) is 0 Å². The largest absolute Gasteiger partial charge is 1.00 e. The van der Waals surface area contributed by atoms with Crippen LogP contribution in [0, 0.1) is 0 Å². The zero-order valence-electron chi connectivity index (χ0n) is 13.8. The molecule has 2 N–H and O–H groups in total. The first-order chi connectivity index (χ1) is 10.0. The Morgan fingerprint density at radius 1 is 0.720 bits per heavy atom. The molecule has 0 radical (unpaired) electrons. The number of hydrogen-bond acceptors (Lipinski definition) is 6. The number of hydrogen-bond donors (Lipinski definition) is 0. The third-order valence-electron chi connectivity index (χ3n) is 2.45. The van der Waals surface area contributed by atoms with Crippen LogP contribution in [0.1, 0.15) is 0 Å². The van der Waals surface area contributed by atoms with Gasteiger partial charge in [0.25, 0.3) is 0 Å². The fraction of sp³-hybridized carbons (Fsp3) is 0. The molecule has 25 heavy (non-hydrogen) atoms. The maximum absolute atomic E-state index is 10.5. The van der Waals surface area contributed by atoms with Gasteiger partial charge in [0.2, 0.25) is 0 Å². The molecule has 0 aliphatic rings. The monoisotopic (exact) mass is 780 g/mol. The summed E-state index contributed by atoms with van der Waals surface area (Å²) >= 11 is 0.651. The molecule has 0 saturated heterocycles. The van der Waals surface area contributed by atoms with Gasteiger partial charge in [-0.05, 0) is 0 Å². The number of benzene rings is 2. The Bertz CT molecular complexity index is 857. The second-order valence-electron chi connectivity index (χ2n) is 4.16. The van der Waals surface area contributed by atoms with Crippen LogP contribution in [0.15, 0.2) is 58.3 Å². The van der Waals surface area contributed by atoms with Crippen molar-refractivity contribution in [3.8, 4) is 0 Å². The standard InChI is InChI=1S/2C6H5O3S.2Hg.2Na.H2O/c2*7-10(8,9)6-4-2-1-3-5-6;;;;;/h2-5H,(H,7,8,9);1-4H,(H,7,8,9);;;;;1H2/q;;;;2*+1;/p-2. The SMILES string of the molecule is O.O=S(=O)([O-])c1cc[c]([Hg])cc1.O=S(=O)([O-])c1cccc[c]1[Hg].[Na+].[Na+]. The molecule has 0 heterocycles. The molecule has 0 bridgehead atoms. The molecule has 7 nitrogen and oxygen atoms in total. The van der Waals surface area contributed by atoms with E-state index in [2.05, 4.69) is 0 Å². The van der Waals surface area contributed by atoms with Crippen LogP contribution in [-0.2, 0) is 72.5 Å². The van der Waals surface area contributed by atoms with Gasteiger partial charge in [-0.1, -0.05) is 0 Å². The first kappa shape index (κ1) is 31.8. The van der Waals surface area contributed by atoms with Gasteiger partial charge in [-0.15, -0.1) is 0 Å². The predicted octanol–water partition coefficient (Wildman–Crippen LogP) is -7.29. The molecule has 13 heteroatoms. The van der Waals surface area contributed by atoms with Crippen molar-refractivity contribution < 1.29 is 143 Å². The Morgan fingerprint density at radius 3 is 1.48 bits per heavy atom. The van der Waals surface area contributed by atoms with Crippen LogP contribution in [0.5, 0.6) is 0 Å². The van der Waals surface area contributed by atoms with Gasteiger partial charge in [0.15, 0.2) is 0 Å². The van der Waals surface area contributed by atoms with E-state index in [1.807, 2.05) is 0 Å². The van der Waals surface area contributed by atoms with E-state index in [0.717, 1.165) is 3.07 Å². The van der Waals surface area contributed by atoms with Crippen LogP contribution < -0.4 is 65.3 Å². The van der Waals surface area contributed by atoms with E-state index in [1.165, 1.54) is 18.2 Å². The molecular weight excluding hydrogens is 767 g/mol. The minimum atomic E-state index is -4.25. The Balaban J connectivity index is -0.000000346. The molecule has 0 amide bonds. The first-order valence-electron chi connectivity index (χ1n) is 5.76. The topological polar surface area (TPSA) is 146 Å². The van der Waals surface area contributed by atoms with Crippen molar-refractivity contribution in [1.29, 1.82) is 0 Å². The summed E-state index contributed by atoms with van der Waals surface area (Å²) in [5.74, 6) is 0. The molecule has 2 aromatic rings. The molecule has 0 saturated carbocycles. The molecule has 0 atom stereocenters. The van der Waals surface area contributed by atoms with Gasteiger partial charge in [0.1, 0.15) is 0 Å². The van der Waals surface area contributed by atoms with Crippen molar-refractivity contribution in [2.75, 3.05) is 0 Å². The minimum absolute atomic E-state index is 0. The normalized spacial score (nSPS) is 10.2. The Morgan fingerprint density at radius 2 is 1.16 bits per heavy atom. The summed E-state index contributed by atoms with van der Waals surface area (Å²) in [6.07, 6.45) is 0. The first-order valence-corrected chi connectivity index (χ1v) is 14.1. The molecule has 0 aromatic heterocycles. The average molecular weight is 777 g/mol. The van der Waals surface area contributed by atoms with Gasteiger partial charge in [-0.2, -0.15) is 0 Å². The molecule has 0 aliphatic carbocycles. The smallest absolute Gasteiger partial charge is 1.00 e. The van der Waals surface area contributed by atoms with Crippen molar-refractivity contribution in [3.63, 3.8) is 0 Å². The van der Waals surface area contributed by atoms with Crippen LogP contribution in [-0.4, -0.2) is 31.4 Å². The third-order valence-corrected chi connectivity index (χ3v) is 9.47. The molecular formula is C12H10Hg2Na2O7S2. The second kappa shape index (κ2) is 14.1. The van der Waals surface area contributed by atoms with Gasteiger partial charge < -0.3 is 5.48 Å². The summed E-state index contributed by atoms with van der Waals surface area (Å²) in [6, 6.07) is 12.4. The average Bonchev–Trinajstić information content (AvgIpc) is 2.38. The minimum Gasteiger partial charge on any atom is 1.00 e. The Kier molecular flexibility index (Phi) is 18.0. The molecule has 0 aliphatic heterocycles. The van der Waals surface area contributed by atoms with Crippen molar-refractivity contribution >= 4 is 26.4 Å². The van der Waals surface area contributed by atoms with E-state index in [9.17, 15) is 25.9 Å². The fourth-order valence-electron chi connectivity index (χ4n) is 1.40. The summed E-state index contributed by atoms with van der Waals surface area (Å²) in [5, 5.41) is 0. The van der Waals surface area contributed by atoms with Crippen molar-refractivity contribution in [3.05, 3.63) is 48.5 Å². The Hall–Kier alpha value is 2.09. The number of rotatable bonds is 2. The van der Waals surface area contributed by atoms with Crippen LogP contribution in [0.4, 0.5) is 0 Å². The zero-order valence-corrected chi connectivity index (χ0v) is 30.4. The van der Waals surface area contributed by atoms with E-state index in [1.54, 1.807) is 30.3 Å². The quantitative estimate of drug-likeness (QED) is 0.219. The molecule has 2 rings (SSSR count). The summed E-state index contributed by atoms with van der Waals surface area (Å²) in [7, 11) is -8.48. The van der Waals surface area contributed by atoms with Gasteiger partial charge in [0, 0.05) is 0 Å². The van der Waals surface area contributed by atoms with Gasteiger partial charge in [-0.25, -0.2) is 0 Å². The zero-order chi connectivity index (χ0) is 17.0. The van der Waals surface area contributed by atoms with Gasteiger partial charge >= 0.3 is 222 Å². The third kappa shape index (κ3) is 12.3. The summed E-state index contributed by atoms with van der Waals surface area (Å²) in [4.78, 5) is -0.199. The van der Waals surface area contributed by atoms with Crippen LogP contribution >= 0.6 is 0 Å². The summed E-state index contributed by atoms with van der Waals surface area (Å²) < 4.78 is 64.6. The van der Waals surface area contributed by atoms with E-state index in [0.29, 0.717) is 29.2 Å². The van der Waals surface area contributed by atoms with Crippen molar-refractivity contribution in [2.24, 2.45) is 0 Å². The van der Waals surface area contributed by atoms with Gasteiger partial charge in [-0.3, -0.25) is 0 Å². The maximum Gasteiger partial charge on any atom is 1.00 e. The van der Waals surface area contributed by atoms with E-state index < -0.39 is 20.2 Å². The summed E-state index contributed by atoms with van der Waals surface area (Å²) in [5.41, 5.74) is 0. The molecule has 2 aromatic carbocycles. The van der Waals surface area contributed by atoms with Crippen molar-refractivity contribution in [2.45, 2.75) is 9.79 Å². The molecule has 0 fully saturated rings.